The predicted molar refractivity (Wildman–Crippen MR) is 105 cm³/mol. The molecule has 2 heterocycles. The van der Waals surface area contributed by atoms with Crippen molar-refractivity contribution in [1.29, 1.82) is 0 Å². The molecule has 0 unspecified atom stereocenters. The number of thiazole rings is 1. The van der Waals surface area contributed by atoms with E-state index in [0.717, 1.165) is 30.7 Å². The average Bonchev–Trinajstić information content (AvgIpc) is 3.37. The summed E-state index contributed by atoms with van der Waals surface area (Å²) in [5.41, 5.74) is -0.422. The van der Waals surface area contributed by atoms with Gasteiger partial charge in [-0.05, 0) is 45.6 Å². The summed E-state index contributed by atoms with van der Waals surface area (Å²) >= 11 is 1.04. The second-order valence-electron chi connectivity index (χ2n) is 7.71. The molecular formula is C19H24F2N4O2S. The standard InChI is InChI=1S/C19H24F2N4O2S/c1-10-15(28-18(25-10)17(26)24-9-19(2,3)27)13-8-23-14(6-12(13)16(20)21)22-7-11-4-5-11/h6,8,11,16,27H,4-5,7,9H2,1-3H3,(H,22,23)(H,24,26). The summed E-state index contributed by atoms with van der Waals surface area (Å²) in [6.45, 7) is 5.62. The Morgan fingerprint density at radius 2 is 2.14 bits per heavy atom. The number of alkyl halides is 2. The molecule has 9 heteroatoms. The number of aromatic nitrogens is 2. The number of aryl methyl sites for hydroxylation is 1. The lowest BCUT2D eigenvalue weighted by molar-refractivity contribution is 0.0694. The SMILES string of the molecule is Cc1nc(C(=O)NCC(C)(C)O)sc1-c1cnc(NCC2CC2)cc1C(F)F. The number of hydrogen-bond acceptors (Lipinski definition) is 6. The zero-order valence-electron chi connectivity index (χ0n) is 16.1. The third-order valence-electron chi connectivity index (χ3n) is 4.36. The van der Waals surface area contributed by atoms with E-state index in [-0.39, 0.29) is 22.7 Å². The lowest BCUT2D eigenvalue weighted by Crippen LogP contribution is -2.38. The number of nitrogens with one attached hydrogen (secondary N) is 2. The number of anilines is 1. The molecule has 152 valence electrons. The van der Waals surface area contributed by atoms with Gasteiger partial charge in [0.15, 0.2) is 5.01 Å². The Kier molecular flexibility index (Phi) is 5.95. The zero-order valence-corrected chi connectivity index (χ0v) is 16.9. The lowest BCUT2D eigenvalue weighted by Gasteiger charge is -2.16. The van der Waals surface area contributed by atoms with Gasteiger partial charge in [0.05, 0.1) is 16.2 Å². The smallest absolute Gasteiger partial charge is 0.280 e. The molecule has 1 aliphatic rings. The number of nitrogens with zero attached hydrogens (tertiary/aromatic N) is 2. The molecule has 0 saturated heterocycles. The zero-order chi connectivity index (χ0) is 20.5. The Morgan fingerprint density at radius 3 is 2.75 bits per heavy atom. The van der Waals surface area contributed by atoms with E-state index in [9.17, 15) is 18.7 Å². The normalized spacial score (nSPS) is 14.4. The van der Waals surface area contributed by atoms with Crippen LogP contribution in [0.5, 0.6) is 0 Å². The van der Waals surface area contributed by atoms with Crippen molar-refractivity contribution in [3.8, 4) is 10.4 Å². The van der Waals surface area contributed by atoms with Crippen LogP contribution in [0.25, 0.3) is 10.4 Å². The summed E-state index contributed by atoms with van der Waals surface area (Å²) in [6, 6.07) is 1.37. The van der Waals surface area contributed by atoms with E-state index in [1.165, 1.54) is 12.3 Å². The highest BCUT2D eigenvalue weighted by molar-refractivity contribution is 7.17. The molecule has 6 nitrogen and oxygen atoms in total. The number of aliphatic hydroxyl groups is 1. The van der Waals surface area contributed by atoms with Gasteiger partial charge >= 0.3 is 0 Å². The Balaban J connectivity index is 1.83. The van der Waals surface area contributed by atoms with Crippen molar-refractivity contribution in [2.24, 2.45) is 5.92 Å². The molecule has 1 fully saturated rings. The molecular weight excluding hydrogens is 386 g/mol. The van der Waals surface area contributed by atoms with Gasteiger partial charge in [-0.15, -0.1) is 11.3 Å². The van der Waals surface area contributed by atoms with Crippen molar-refractivity contribution in [3.63, 3.8) is 0 Å². The molecule has 3 N–H and O–H groups in total. The highest BCUT2D eigenvalue weighted by Crippen LogP contribution is 2.37. The molecule has 0 aliphatic heterocycles. The first kappa shape index (κ1) is 20.6. The minimum Gasteiger partial charge on any atom is -0.389 e. The molecule has 1 aliphatic carbocycles. The molecule has 0 bridgehead atoms. The topological polar surface area (TPSA) is 87.1 Å². The van der Waals surface area contributed by atoms with E-state index >= 15 is 0 Å². The summed E-state index contributed by atoms with van der Waals surface area (Å²) in [5.74, 6) is 0.581. The van der Waals surface area contributed by atoms with E-state index in [1.54, 1.807) is 20.8 Å². The van der Waals surface area contributed by atoms with Crippen LogP contribution in [-0.2, 0) is 0 Å². The van der Waals surface area contributed by atoms with Crippen LogP contribution in [0.3, 0.4) is 0 Å². The van der Waals surface area contributed by atoms with Crippen LogP contribution in [0.1, 0.15) is 54.2 Å². The van der Waals surface area contributed by atoms with Gasteiger partial charge in [-0.25, -0.2) is 18.7 Å². The fourth-order valence-corrected chi connectivity index (χ4v) is 3.64. The predicted octanol–water partition coefficient (Wildman–Crippen LogP) is 3.77. The van der Waals surface area contributed by atoms with Crippen LogP contribution >= 0.6 is 11.3 Å². The maximum Gasteiger partial charge on any atom is 0.280 e. The Bertz CT molecular complexity index is 860. The summed E-state index contributed by atoms with van der Waals surface area (Å²) in [5, 5.41) is 15.6. The number of amides is 1. The van der Waals surface area contributed by atoms with Crippen LogP contribution in [0.15, 0.2) is 12.3 Å². The Labute approximate surface area is 166 Å². The van der Waals surface area contributed by atoms with Crippen molar-refractivity contribution in [1.82, 2.24) is 15.3 Å². The Hall–Kier alpha value is -2.13. The van der Waals surface area contributed by atoms with Crippen LogP contribution < -0.4 is 10.6 Å². The minimum atomic E-state index is -2.67. The summed E-state index contributed by atoms with van der Waals surface area (Å²) in [7, 11) is 0. The quantitative estimate of drug-likeness (QED) is 0.617. The van der Waals surface area contributed by atoms with Gasteiger partial charge in [0.2, 0.25) is 0 Å². The van der Waals surface area contributed by atoms with Crippen molar-refractivity contribution in [2.75, 3.05) is 18.4 Å². The molecule has 3 rings (SSSR count). The first-order valence-electron chi connectivity index (χ1n) is 9.14. The van der Waals surface area contributed by atoms with Crippen LogP contribution in [0, 0.1) is 12.8 Å². The molecule has 1 amide bonds. The number of rotatable bonds is 8. The third-order valence-corrected chi connectivity index (χ3v) is 5.55. The first-order valence-corrected chi connectivity index (χ1v) is 9.96. The molecule has 0 radical (unpaired) electrons. The van der Waals surface area contributed by atoms with Gasteiger partial charge in [0.25, 0.3) is 12.3 Å². The number of carbonyl (C=O) groups is 1. The Morgan fingerprint density at radius 1 is 1.43 bits per heavy atom. The highest BCUT2D eigenvalue weighted by atomic mass is 32.1. The van der Waals surface area contributed by atoms with Crippen molar-refractivity contribution < 1.29 is 18.7 Å². The van der Waals surface area contributed by atoms with Crippen molar-refractivity contribution in [3.05, 3.63) is 28.5 Å². The third kappa shape index (κ3) is 5.23. The number of pyridine rings is 1. The van der Waals surface area contributed by atoms with Gasteiger partial charge < -0.3 is 15.7 Å². The molecule has 2 aromatic heterocycles. The maximum atomic E-state index is 13.7. The highest BCUT2D eigenvalue weighted by Gasteiger charge is 2.24. The minimum absolute atomic E-state index is 0.0605. The van der Waals surface area contributed by atoms with Crippen LogP contribution in [0.4, 0.5) is 14.6 Å². The lowest BCUT2D eigenvalue weighted by atomic mass is 10.1. The monoisotopic (exact) mass is 410 g/mol. The largest absolute Gasteiger partial charge is 0.389 e. The number of halogens is 2. The van der Waals surface area contributed by atoms with Gasteiger partial charge in [-0.3, -0.25) is 4.79 Å². The molecule has 2 aromatic rings. The molecule has 0 spiro atoms. The van der Waals surface area contributed by atoms with Gasteiger partial charge in [-0.1, -0.05) is 0 Å². The molecule has 28 heavy (non-hydrogen) atoms. The van der Waals surface area contributed by atoms with Crippen LogP contribution in [0.2, 0.25) is 0 Å². The first-order chi connectivity index (χ1) is 13.1. The second-order valence-corrected chi connectivity index (χ2v) is 8.71. The van der Waals surface area contributed by atoms with E-state index in [0.29, 0.717) is 22.3 Å². The average molecular weight is 410 g/mol. The fraction of sp³-hybridized carbons (Fsp3) is 0.526. The molecule has 0 aromatic carbocycles. The van der Waals surface area contributed by atoms with Gasteiger partial charge in [-0.2, -0.15) is 0 Å². The van der Waals surface area contributed by atoms with Crippen molar-refractivity contribution >= 4 is 23.1 Å². The van der Waals surface area contributed by atoms with E-state index in [4.69, 9.17) is 0 Å². The summed E-state index contributed by atoms with van der Waals surface area (Å²) in [6.07, 6.45) is 1.06. The van der Waals surface area contributed by atoms with Gasteiger partial charge in [0.1, 0.15) is 5.82 Å². The maximum absolute atomic E-state index is 13.7. The van der Waals surface area contributed by atoms with Crippen molar-refractivity contribution in [2.45, 2.75) is 45.6 Å². The number of carbonyl (C=O) groups excluding carboxylic acids is 1. The fourth-order valence-electron chi connectivity index (χ4n) is 2.62. The van der Waals surface area contributed by atoms with E-state index in [2.05, 4.69) is 20.6 Å². The summed E-state index contributed by atoms with van der Waals surface area (Å²) in [4.78, 5) is 21.2. The van der Waals surface area contributed by atoms with Crippen LogP contribution in [-0.4, -0.2) is 39.7 Å². The second kappa shape index (κ2) is 8.08. The van der Waals surface area contributed by atoms with Gasteiger partial charge in [0, 0.05) is 30.4 Å². The van der Waals surface area contributed by atoms with E-state index in [1.807, 2.05) is 0 Å². The molecule has 1 saturated carbocycles. The molecule has 0 atom stereocenters. The van der Waals surface area contributed by atoms with E-state index < -0.39 is 17.9 Å². The number of hydrogen-bond donors (Lipinski definition) is 3. The summed E-state index contributed by atoms with van der Waals surface area (Å²) < 4.78 is 27.4.